The Hall–Kier alpha value is -1.98. The topological polar surface area (TPSA) is 58.4 Å². The molecule has 1 fully saturated rings. The lowest BCUT2D eigenvalue weighted by Gasteiger charge is -2.23. The number of carbonyl (C=O) groups excluding carboxylic acids is 1. The van der Waals surface area contributed by atoms with Gasteiger partial charge in [0.05, 0.1) is 0 Å². The smallest absolute Gasteiger partial charge is 0.322 e. The molecule has 0 atom stereocenters. The third-order valence-corrected chi connectivity index (χ3v) is 4.92. The van der Waals surface area contributed by atoms with Crippen LogP contribution in [0.2, 0.25) is 0 Å². The number of anilines is 1. The Labute approximate surface area is 147 Å². The van der Waals surface area contributed by atoms with E-state index in [1.807, 2.05) is 29.2 Å². The molecule has 5 heteroatoms. The standard InChI is InChI=1S/C19H23N3OS/c1-24-18-9-5-14(6-10-18)13-22(17-7-8-17)19(23)21-16-4-2-3-15(11-16)12-20/h2-6,9-11,17H,7-8,12-13,20H2,1H3,(H,21,23). The molecule has 3 N–H and O–H groups in total. The largest absolute Gasteiger partial charge is 0.326 e. The fraction of sp³-hybridized carbons (Fsp3) is 0.316. The van der Waals surface area contributed by atoms with Crippen molar-refractivity contribution in [3.8, 4) is 0 Å². The quantitative estimate of drug-likeness (QED) is 0.779. The van der Waals surface area contributed by atoms with Crippen molar-refractivity contribution in [2.24, 2.45) is 5.73 Å². The molecule has 0 aliphatic heterocycles. The molecule has 24 heavy (non-hydrogen) atoms. The highest BCUT2D eigenvalue weighted by molar-refractivity contribution is 7.98. The van der Waals surface area contributed by atoms with Crippen LogP contribution in [-0.4, -0.2) is 23.2 Å². The summed E-state index contributed by atoms with van der Waals surface area (Å²) in [7, 11) is 0. The Morgan fingerprint density at radius 2 is 1.96 bits per heavy atom. The number of hydrogen-bond acceptors (Lipinski definition) is 3. The van der Waals surface area contributed by atoms with Crippen molar-refractivity contribution >= 4 is 23.5 Å². The van der Waals surface area contributed by atoms with Gasteiger partial charge in [0.1, 0.15) is 0 Å². The van der Waals surface area contributed by atoms with Gasteiger partial charge >= 0.3 is 6.03 Å². The Morgan fingerprint density at radius 3 is 2.58 bits per heavy atom. The minimum absolute atomic E-state index is 0.0411. The van der Waals surface area contributed by atoms with Crippen molar-refractivity contribution in [3.05, 3.63) is 59.7 Å². The molecule has 2 amide bonds. The molecule has 0 radical (unpaired) electrons. The van der Waals surface area contributed by atoms with Gasteiger partial charge in [-0.25, -0.2) is 4.79 Å². The monoisotopic (exact) mass is 341 g/mol. The molecule has 1 aliphatic carbocycles. The van der Waals surface area contributed by atoms with Crippen LogP contribution in [0.15, 0.2) is 53.4 Å². The maximum atomic E-state index is 12.7. The highest BCUT2D eigenvalue weighted by atomic mass is 32.2. The van der Waals surface area contributed by atoms with Crippen LogP contribution in [-0.2, 0) is 13.1 Å². The van der Waals surface area contributed by atoms with Crippen LogP contribution < -0.4 is 11.1 Å². The van der Waals surface area contributed by atoms with E-state index in [1.54, 1.807) is 11.8 Å². The summed E-state index contributed by atoms with van der Waals surface area (Å²) in [6.07, 6.45) is 4.23. The molecule has 0 unspecified atom stereocenters. The van der Waals surface area contributed by atoms with E-state index in [4.69, 9.17) is 5.73 Å². The van der Waals surface area contributed by atoms with Gasteiger partial charge in [-0.3, -0.25) is 0 Å². The van der Waals surface area contributed by atoms with Crippen molar-refractivity contribution in [1.29, 1.82) is 0 Å². The SMILES string of the molecule is CSc1ccc(CN(C(=O)Nc2cccc(CN)c2)C2CC2)cc1. The summed E-state index contributed by atoms with van der Waals surface area (Å²) in [6.45, 7) is 1.11. The number of nitrogens with one attached hydrogen (secondary N) is 1. The predicted molar refractivity (Wildman–Crippen MR) is 100 cm³/mol. The number of hydrogen-bond donors (Lipinski definition) is 2. The predicted octanol–water partition coefficient (Wildman–Crippen LogP) is 4.06. The van der Waals surface area contributed by atoms with Crippen LogP contribution in [0.5, 0.6) is 0 Å². The first-order valence-corrected chi connectivity index (χ1v) is 9.41. The minimum atomic E-state index is -0.0411. The zero-order valence-corrected chi connectivity index (χ0v) is 14.7. The van der Waals surface area contributed by atoms with Crippen molar-refractivity contribution < 1.29 is 4.79 Å². The number of thioether (sulfide) groups is 1. The number of rotatable bonds is 6. The first-order valence-electron chi connectivity index (χ1n) is 8.19. The minimum Gasteiger partial charge on any atom is -0.326 e. The van der Waals surface area contributed by atoms with Gasteiger partial charge in [0, 0.05) is 29.7 Å². The fourth-order valence-corrected chi connectivity index (χ4v) is 3.06. The van der Waals surface area contributed by atoms with Crippen molar-refractivity contribution in [2.75, 3.05) is 11.6 Å². The summed E-state index contributed by atoms with van der Waals surface area (Å²) in [5.41, 5.74) is 8.64. The molecule has 1 saturated carbocycles. The Morgan fingerprint density at radius 1 is 1.21 bits per heavy atom. The van der Waals surface area contributed by atoms with E-state index >= 15 is 0 Å². The van der Waals surface area contributed by atoms with Gasteiger partial charge < -0.3 is 16.0 Å². The lowest BCUT2D eigenvalue weighted by atomic mass is 10.2. The van der Waals surface area contributed by atoms with Crippen molar-refractivity contribution in [1.82, 2.24) is 4.90 Å². The van der Waals surface area contributed by atoms with Gasteiger partial charge in [0.25, 0.3) is 0 Å². The van der Waals surface area contributed by atoms with E-state index in [2.05, 4.69) is 35.8 Å². The van der Waals surface area contributed by atoms with Gasteiger partial charge in [0.15, 0.2) is 0 Å². The van der Waals surface area contributed by atoms with Crippen LogP contribution in [0.3, 0.4) is 0 Å². The summed E-state index contributed by atoms with van der Waals surface area (Å²) in [5, 5.41) is 3.01. The van der Waals surface area contributed by atoms with E-state index < -0.39 is 0 Å². The molecule has 2 aromatic carbocycles. The van der Waals surface area contributed by atoms with Gasteiger partial charge in [-0.05, 0) is 54.5 Å². The molecule has 2 aromatic rings. The zero-order chi connectivity index (χ0) is 16.9. The Balaban J connectivity index is 1.69. The molecule has 0 saturated heterocycles. The number of amides is 2. The van der Waals surface area contributed by atoms with Crippen LogP contribution in [0.4, 0.5) is 10.5 Å². The van der Waals surface area contributed by atoms with E-state index in [9.17, 15) is 4.79 Å². The average molecular weight is 341 g/mol. The molecule has 0 aromatic heterocycles. The highest BCUT2D eigenvalue weighted by Gasteiger charge is 2.32. The van der Waals surface area contributed by atoms with Crippen LogP contribution in [0.1, 0.15) is 24.0 Å². The Bertz CT molecular complexity index is 698. The molecule has 4 nitrogen and oxygen atoms in total. The summed E-state index contributed by atoms with van der Waals surface area (Å²) < 4.78 is 0. The Kier molecular flexibility index (Phi) is 5.43. The molecule has 3 rings (SSSR count). The molecular weight excluding hydrogens is 318 g/mol. The number of carbonyl (C=O) groups is 1. The lowest BCUT2D eigenvalue weighted by Crippen LogP contribution is -2.36. The second-order valence-electron chi connectivity index (χ2n) is 6.04. The number of nitrogens with zero attached hydrogens (tertiary/aromatic N) is 1. The molecule has 126 valence electrons. The lowest BCUT2D eigenvalue weighted by molar-refractivity contribution is 0.206. The maximum Gasteiger partial charge on any atom is 0.322 e. The van der Waals surface area contributed by atoms with E-state index in [1.165, 1.54) is 4.90 Å². The van der Waals surface area contributed by atoms with Gasteiger partial charge in [-0.1, -0.05) is 24.3 Å². The fourth-order valence-electron chi connectivity index (χ4n) is 2.65. The van der Waals surface area contributed by atoms with E-state index in [0.29, 0.717) is 19.1 Å². The third-order valence-electron chi connectivity index (χ3n) is 4.17. The van der Waals surface area contributed by atoms with Crippen LogP contribution >= 0.6 is 11.8 Å². The van der Waals surface area contributed by atoms with Crippen molar-refractivity contribution in [2.45, 2.75) is 36.9 Å². The summed E-state index contributed by atoms with van der Waals surface area (Å²) >= 11 is 1.72. The summed E-state index contributed by atoms with van der Waals surface area (Å²) in [6, 6.07) is 16.4. The maximum absolute atomic E-state index is 12.7. The van der Waals surface area contributed by atoms with Crippen LogP contribution in [0, 0.1) is 0 Å². The van der Waals surface area contributed by atoms with Crippen LogP contribution in [0.25, 0.3) is 0 Å². The molecular formula is C19H23N3OS. The first-order chi connectivity index (χ1) is 11.7. The van der Waals surface area contributed by atoms with Gasteiger partial charge in [-0.15, -0.1) is 11.8 Å². The normalized spacial score (nSPS) is 13.6. The highest BCUT2D eigenvalue weighted by Crippen LogP contribution is 2.29. The second-order valence-corrected chi connectivity index (χ2v) is 6.92. The average Bonchev–Trinajstić information content (AvgIpc) is 3.45. The number of urea groups is 1. The van der Waals surface area contributed by atoms with E-state index in [0.717, 1.165) is 29.7 Å². The second kappa shape index (κ2) is 7.73. The molecule has 1 aliphatic rings. The van der Waals surface area contributed by atoms with Gasteiger partial charge in [0.2, 0.25) is 0 Å². The summed E-state index contributed by atoms with van der Waals surface area (Å²) in [5.74, 6) is 0. The molecule has 0 spiro atoms. The summed E-state index contributed by atoms with van der Waals surface area (Å²) in [4.78, 5) is 15.9. The molecule has 0 bridgehead atoms. The molecule has 0 heterocycles. The number of benzene rings is 2. The van der Waals surface area contributed by atoms with Crippen molar-refractivity contribution in [3.63, 3.8) is 0 Å². The zero-order valence-electron chi connectivity index (χ0n) is 13.9. The third kappa shape index (κ3) is 4.30. The van der Waals surface area contributed by atoms with E-state index in [-0.39, 0.29) is 6.03 Å². The first kappa shape index (κ1) is 16.9. The van der Waals surface area contributed by atoms with Gasteiger partial charge in [-0.2, -0.15) is 0 Å². The number of nitrogens with two attached hydrogens (primary N) is 1.